The van der Waals surface area contributed by atoms with Gasteiger partial charge in [-0.15, -0.1) is 0 Å². The van der Waals surface area contributed by atoms with Gasteiger partial charge < -0.3 is 9.84 Å². The minimum atomic E-state index is -1.31. The molecule has 0 bridgehead atoms. The SMILES string of the molecule is CCCC1(C(=O)O)CC(c2cc(F)cc(F)c2)=CO1. The van der Waals surface area contributed by atoms with Crippen LogP contribution in [0.4, 0.5) is 8.78 Å². The monoisotopic (exact) mass is 268 g/mol. The molecule has 0 saturated heterocycles. The van der Waals surface area contributed by atoms with Crippen molar-refractivity contribution in [2.45, 2.75) is 31.8 Å². The van der Waals surface area contributed by atoms with Crippen LogP contribution in [0.5, 0.6) is 0 Å². The normalized spacial score (nSPS) is 21.9. The summed E-state index contributed by atoms with van der Waals surface area (Å²) < 4.78 is 31.6. The Morgan fingerprint density at radius 1 is 1.37 bits per heavy atom. The molecule has 0 aliphatic carbocycles. The van der Waals surface area contributed by atoms with Crippen molar-refractivity contribution in [1.29, 1.82) is 0 Å². The fourth-order valence-corrected chi connectivity index (χ4v) is 2.27. The van der Waals surface area contributed by atoms with Crippen molar-refractivity contribution in [2.75, 3.05) is 0 Å². The van der Waals surface area contributed by atoms with Gasteiger partial charge in [0.25, 0.3) is 0 Å². The summed E-state index contributed by atoms with van der Waals surface area (Å²) in [6, 6.07) is 3.11. The predicted molar refractivity (Wildman–Crippen MR) is 65.3 cm³/mol. The Morgan fingerprint density at radius 3 is 2.53 bits per heavy atom. The molecule has 102 valence electrons. The van der Waals surface area contributed by atoms with Crippen LogP contribution in [0.3, 0.4) is 0 Å². The van der Waals surface area contributed by atoms with E-state index in [9.17, 15) is 18.7 Å². The minimum Gasteiger partial charge on any atom is -0.483 e. The van der Waals surface area contributed by atoms with Crippen molar-refractivity contribution < 1.29 is 23.4 Å². The Bertz CT molecular complexity index is 519. The fraction of sp³-hybridized carbons (Fsp3) is 0.357. The molecule has 5 heteroatoms. The fourth-order valence-electron chi connectivity index (χ4n) is 2.27. The zero-order chi connectivity index (χ0) is 14.0. The van der Waals surface area contributed by atoms with Crippen molar-refractivity contribution in [2.24, 2.45) is 0 Å². The molecule has 1 heterocycles. The van der Waals surface area contributed by atoms with Gasteiger partial charge in [0, 0.05) is 12.5 Å². The Morgan fingerprint density at radius 2 is 2.00 bits per heavy atom. The second-order valence-electron chi connectivity index (χ2n) is 4.65. The molecule has 19 heavy (non-hydrogen) atoms. The van der Waals surface area contributed by atoms with Crippen LogP contribution in [0.2, 0.25) is 0 Å². The highest BCUT2D eigenvalue weighted by Crippen LogP contribution is 2.38. The molecule has 0 amide bonds. The van der Waals surface area contributed by atoms with E-state index in [1.807, 2.05) is 6.92 Å². The molecule has 1 unspecified atom stereocenters. The van der Waals surface area contributed by atoms with E-state index < -0.39 is 23.2 Å². The van der Waals surface area contributed by atoms with Crippen molar-refractivity contribution in [1.82, 2.24) is 0 Å². The smallest absolute Gasteiger partial charge is 0.348 e. The van der Waals surface area contributed by atoms with Gasteiger partial charge in [-0.2, -0.15) is 0 Å². The van der Waals surface area contributed by atoms with Crippen molar-refractivity contribution in [3.8, 4) is 0 Å². The molecule has 1 aromatic rings. The molecule has 1 aliphatic heterocycles. The Labute approximate surface area is 109 Å². The first-order valence-corrected chi connectivity index (χ1v) is 6.03. The molecule has 0 fully saturated rings. The predicted octanol–water partition coefficient (Wildman–Crippen LogP) is 3.35. The van der Waals surface area contributed by atoms with E-state index in [0.717, 1.165) is 6.07 Å². The quantitative estimate of drug-likeness (QED) is 0.910. The highest BCUT2D eigenvalue weighted by atomic mass is 19.1. The van der Waals surface area contributed by atoms with E-state index in [1.165, 1.54) is 18.4 Å². The number of halogens is 2. The minimum absolute atomic E-state index is 0.110. The first-order valence-electron chi connectivity index (χ1n) is 6.03. The van der Waals surface area contributed by atoms with Gasteiger partial charge in [0.05, 0.1) is 6.26 Å². The maximum atomic E-state index is 13.2. The Hall–Kier alpha value is -1.91. The largest absolute Gasteiger partial charge is 0.483 e. The molecule has 1 atom stereocenters. The van der Waals surface area contributed by atoms with E-state index in [1.54, 1.807) is 0 Å². The van der Waals surface area contributed by atoms with Crippen molar-refractivity contribution >= 4 is 11.5 Å². The summed E-state index contributed by atoms with van der Waals surface area (Å²) in [5.41, 5.74) is -0.502. The van der Waals surface area contributed by atoms with Crippen LogP contribution in [-0.4, -0.2) is 16.7 Å². The lowest BCUT2D eigenvalue weighted by Gasteiger charge is -2.23. The van der Waals surface area contributed by atoms with Crippen LogP contribution in [-0.2, 0) is 9.53 Å². The molecule has 3 nitrogen and oxygen atoms in total. The summed E-state index contributed by atoms with van der Waals surface area (Å²) in [6.07, 6.45) is 2.39. The average Bonchev–Trinajstić information content (AvgIpc) is 2.74. The van der Waals surface area contributed by atoms with Crippen LogP contribution in [0, 0.1) is 11.6 Å². The Balaban J connectivity index is 2.27. The number of hydrogen-bond donors (Lipinski definition) is 1. The summed E-state index contributed by atoms with van der Waals surface area (Å²) in [4.78, 5) is 11.3. The number of carboxylic acids is 1. The summed E-state index contributed by atoms with van der Waals surface area (Å²) in [7, 11) is 0. The van der Waals surface area contributed by atoms with Gasteiger partial charge in [-0.05, 0) is 29.7 Å². The van der Waals surface area contributed by atoms with E-state index in [2.05, 4.69) is 0 Å². The zero-order valence-corrected chi connectivity index (χ0v) is 10.5. The second kappa shape index (κ2) is 4.99. The number of ether oxygens (including phenoxy) is 1. The zero-order valence-electron chi connectivity index (χ0n) is 10.5. The highest BCUT2D eigenvalue weighted by molar-refractivity contribution is 5.83. The number of aliphatic carboxylic acids is 1. The molecule has 1 aliphatic rings. The third-order valence-corrected chi connectivity index (χ3v) is 3.18. The summed E-state index contributed by atoms with van der Waals surface area (Å²) in [6.45, 7) is 1.86. The lowest BCUT2D eigenvalue weighted by molar-refractivity contribution is -0.157. The topological polar surface area (TPSA) is 46.5 Å². The first-order chi connectivity index (χ1) is 8.97. The summed E-state index contributed by atoms with van der Waals surface area (Å²) in [5.74, 6) is -2.45. The number of rotatable bonds is 4. The van der Waals surface area contributed by atoms with E-state index in [0.29, 0.717) is 24.0 Å². The summed E-state index contributed by atoms with van der Waals surface area (Å²) in [5, 5.41) is 9.26. The van der Waals surface area contributed by atoms with Gasteiger partial charge in [0.15, 0.2) is 0 Å². The van der Waals surface area contributed by atoms with E-state index in [4.69, 9.17) is 4.74 Å². The lowest BCUT2D eigenvalue weighted by Crippen LogP contribution is -2.37. The van der Waals surface area contributed by atoms with E-state index >= 15 is 0 Å². The van der Waals surface area contributed by atoms with Gasteiger partial charge in [-0.3, -0.25) is 0 Å². The van der Waals surface area contributed by atoms with E-state index in [-0.39, 0.29) is 6.42 Å². The molecule has 0 saturated carbocycles. The van der Waals surface area contributed by atoms with Gasteiger partial charge in [-0.1, -0.05) is 13.3 Å². The molecule has 0 spiro atoms. The highest BCUT2D eigenvalue weighted by Gasteiger charge is 2.44. The second-order valence-corrected chi connectivity index (χ2v) is 4.65. The van der Waals surface area contributed by atoms with Gasteiger partial charge in [0.1, 0.15) is 11.6 Å². The van der Waals surface area contributed by atoms with Gasteiger partial charge >= 0.3 is 5.97 Å². The number of hydrogen-bond acceptors (Lipinski definition) is 2. The molecular formula is C14H14F2O3. The molecule has 1 N–H and O–H groups in total. The molecule has 0 radical (unpaired) electrons. The van der Waals surface area contributed by atoms with Crippen molar-refractivity contribution in [3.05, 3.63) is 41.7 Å². The maximum Gasteiger partial charge on any atom is 0.348 e. The number of carbonyl (C=O) groups is 1. The summed E-state index contributed by atoms with van der Waals surface area (Å²) >= 11 is 0. The van der Waals surface area contributed by atoms with Gasteiger partial charge in [-0.25, -0.2) is 13.6 Å². The number of carboxylic acid groups (broad SMARTS) is 1. The third-order valence-electron chi connectivity index (χ3n) is 3.18. The maximum absolute atomic E-state index is 13.2. The van der Waals surface area contributed by atoms with Crippen LogP contribution in [0.15, 0.2) is 24.5 Å². The molecule has 0 aromatic heterocycles. The van der Waals surface area contributed by atoms with Crippen LogP contribution >= 0.6 is 0 Å². The lowest BCUT2D eigenvalue weighted by atomic mass is 9.89. The van der Waals surface area contributed by atoms with Crippen LogP contribution in [0.1, 0.15) is 31.7 Å². The Kier molecular flexibility index (Phi) is 3.55. The third kappa shape index (κ3) is 2.59. The standard InChI is InChI=1S/C14H14F2O3/c1-2-3-14(13(17)18)7-10(8-19-14)9-4-11(15)6-12(16)5-9/h4-6,8H,2-3,7H2,1H3,(H,17,18). The average molecular weight is 268 g/mol. The first kappa shape index (κ1) is 13.5. The van der Waals surface area contributed by atoms with Crippen molar-refractivity contribution in [3.63, 3.8) is 0 Å². The number of benzene rings is 1. The molecular weight excluding hydrogens is 254 g/mol. The molecule has 2 rings (SSSR count). The van der Waals surface area contributed by atoms with Crippen LogP contribution < -0.4 is 0 Å². The van der Waals surface area contributed by atoms with Gasteiger partial charge in [0.2, 0.25) is 5.60 Å². The van der Waals surface area contributed by atoms with Crippen LogP contribution in [0.25, 0.3) is 5.57 Å². The molecule has 1 aromatic carbocycles.